The van der Waals surface area contributed by atoms with Gasteiger partial charge >= 0.3 is 0 Å². The molecule has 13 aromatic rings. The number of rotatable bonds is 26. The Morgan fingerprint density at radius 2 is 0.230 bits per heavy atom. The van der Waals surface area contributed by atoms with E-state index < -0.39 is 0 Å². The van der Waals surface area contributed by atoms with Crippen molar-refractivity contribution in [2.45, 2.75) is 108 Å². The molecule has 0 bridgehead atoms. The fourth-order valence-corrected chi connectivity index (χ4v) is 13.2. The van der Waals surface area contributed by atoms with E-state index in [0.29, 0.717) is 0 Å². The maximum atomic E-state index is 2.49. The molecule has 13 rings (SSSR count). The summed E-state index contributed by atoms with van der Waals surface area (Å²) in [5.74, 6) is 0. The molecule has 100 heavy (non-hydrogen) atoms. The van der Waals surface area contributed by atoms with Crippen LogP contribution in [0.3, 0.4) is 0 Å². The summed E-state index contributed by atoms with van der Waals surface area (Å²) in [5.41, 5.74) is 31.3. The number of hydrogen-bond acceptors (Lipinski definition) is 6. The number of anilines is 10. The molecule has 0 fully saturated rings. The van der Waals surface area contributed by atoms with Crippen molar-refractivity contribution in [1.82, 2.24) is 0 Å². The van der Waals surface area contributed by atoms with E-state index in [9.17, 15) is 0 Å². The average Bonchev–Trinajstić information content (AvgIpc) is 0.788. The van der Waals surface area contributed by atoms with Crippen LogP contribution >= 0.6 is 0 Å². The van der Waals surface area contributed by atoms with E-state index in [-0.39, 0.29) is 0 Å². The topological polar surface area (TPSA) is 19.4 Å². The van der Waals surface area contributed by atoms with Gasteiger partial charge in [-0.3, -0.25) is 0 Å². The highest BCUT2D eigenvalue weighted by molar-refractivity contribution is 5.83. The predicted molar refractivity (Wildman–Crippen MR) is 425 cm³/mol. The summed E-state index contributed by atoms with van der Waals surface area (Å²) in [5, 5.41) is 0. The van der Waals surface area contributed by atoms with Crippen molar-refractivity contribution in [2.24, 2.45) is 0 Å². The van der Waals surface area contributed by atoms with Gasteiger partial charge in [-0.15, -0.1) is 0 Å². The molecule has 0 aliphatic heterocycles. The van der Waals surface area contributed by atoms with E-state index in [1.807, 2.05) is 0 Å². The monoisotopic (exact) mass is 1300 g/mol. The van der Waals surface area contributed by atoms with Crippen LogP contribution in [0.25, 0.3) is 0 Å². The SMILES string of the molecule is Cc1ccc(CN(Cc2ccc(C)cc2)c2ccc(N(c3ccc(N(Cc4ccc(C)cc4)Cc4ccc(C)cc4)cc3)c3ccc(N(c4ccc(N(Cc5ccc(C)cc5)Cc5ccc(C)cc5)cc4)c4ccc(N(Cc5ccc(C)cc5)Cc5ccc(C)cc5)cc4)cc3)cc2)cc1. The van der Waals surface area contributed by atoms with E-state index in [1.165, 1.54) is 89.0 Å². The summed E-state index contributed by atoms with van der Waals surface area (Å²) in [7, 11) is 0. The van der Waals surface area contributed by atoms with Crippen molar-refractivity contribution in [2.75, 3.05) is 29.4 Å². The van der Waals surface area contributed by atoms with Crippen molar-refractivity contribution in [3.8, 4) is 0 Å². The van der Waals surface area contributed by atoms with Crippen LogP contribution in [0.2, 0.25) is 0 Å². The van der Waals surface area contributed by atoms with Gasteiger partial charge in [-0.2, -0.15) is 0 Å². The van der Waals surface area contributed by atoms with Crippen LogP contribution in [0.4, 0.5) is 56.9 Å². The fraction of sp³-hybridized carbons (Fsp3) is 0.170. The maximum absolute atomic E-state index is 2.49. The van der Waals surface area contributed by atoms with Gasteiger partial charge in [0, 0.05) is 109 Å². The molecule has 13 aromatic carbocycles. The van der Waals surface area contributed by atoms with Gasteiger partial charge in [-0.1, -0.05) is 239 Å². The van der Waals surface area contributed by atoms with E-state index in [1.54, 1.807) is 0 Å². The minimum atomic E-state index is 0.780. The fourth-order valence-electron chi connectivity index (χ4n) is 13.2. The molecule has 0 saturated heterocycles. The quantitative estimate of drug-likeness (QED) is 0.0534. The van der Waals surface area contributed by atoms with Crippen molar-refractivity contribution in [3.05, 3.63) is 404 Å². The van der Waals surface area contributed by atoms with Crippen molar-refractivity contribution in [1.29, 1.82) is 0 Å². The van der Waals surface area contributed by atoms with Crippen molar-refractivity contribution in [3.63, 3.8) is 0 Å². The third kappa shape index (κ3) is 17.5. The number of nitrogens with zero attached hydrogens (tertiary/aromatic N) is 6. The third-order valence-electron chi connectivity index (χ3n) is 19.2. The zero-order chi connectivity index (χ0) is 68.9. The molecule has 0 aliphatic rings. The highest BCUT2D eigenvalue weighted by atomic mass is 15.2. The first-order valence-electron chi connectivity index (χ1n) is 35.3. The van der Waals surface area contributed by atoms with Gasteiger partial charge in [0.15, 0.2) is 0 Å². The molecule has 0 aromatic heterocycles. The number of aryl methyl sites for hydroxylation is 8. The van der Waals surface area contributed by atoms with Crippen LogP contribution in [0.5, 0.6) is 0 Å². The van der Waals surface area contributed by atoms with Crippen molar-refractivity contribution >= 4 is 56.9 Å². The Labute approximate surface area is 595 Å². The van der Waals surface area contributed by atoms with Crippen LogP contribution < -0.4 is 29.4 Å². The van der Waals surface area contributed by atoms with E-state index in [2.05, 4.69) is 400 Å². The summed E-state index contributed by atoms with van der Waals surface area (Å²) < 4.78 is 0. The minimum absolute atomic E-state index is 0.780. The maximum Gasteiger partial charge on any atom is 0.0463 e. The molecule has 0 amide bonds. The van der Waals surface area contributed by atoms with Crippen LogP contribution in [0.15, 0.2) is 315 Å². The lowest BCUT2D eigenvalue weighted by Gasteiger charge is -2.31. The van der Waals surface area contributed by atoms with Crippen LogP contribution in [-0.2, 0) is 52.4 Å². The molecular formula is C94H92N6. The van der Waals surface area contributed by atoms with Gasteiger partial charge in [0.25, 0.3) is 0 Å². The van der Waals surface area contributed by atoms with Crippen LogP contribution in [-0.4, -0.2) is 0 Å². The standard InChI is InChI=1S/C94H92N6/c1-69-9-25-77(26-10-69)61-95(62-78-27-11-70(2)12-28-78)85-41-49-89(50-42-85)99(90-51-43-86(44-52-90)96(63-79-29-13-71(3)14-30-79)64-80-31-15-72(4)16-32-80)93-57-59-94(60-58-93)100(91-53-45-87(46-54-91)97(65-81-33-17-73(5)18-34-81)66-82-35-19-74(6)20-36-82)92-55-47-88(48-56-92)98(67-83-37-21-75(7)22-38-83)68-84-39-23-76(8)24-40-84/h9-60H,61-68H2,1-8H3. The lowest BCUT2D eigenvalue weighted by Crippen LogP contribution is -2.22. The summed E-state index contributed by atoms with van der Waals surface area (Å²) in [6, 6.07) is 118. The van der Waals surface area contributed by atoms with Gasteiger partial charge < -0.3 is 29.4 Å². The van der Waals surface area contributed by atoms with Crippen molar-refractivity contribution < 1.29 is 0 Å². The Morgan fingerprint density at radius 3 is 0.340 bits per heavy atom. The minimum Gasteiger partial charge on any atom is -0.363 e. The lowest BCUT2D eigenvalue weighted by molar-refractivity contribution is 0.799. The molecule has 0 N–H and O–H groups in total. The predicted octanol–water partition coefficient (Wildman–Crippen LogP) is 23.9. The largest absolute Gasteiger partial charge is 0.363 e. The smallest absolute Gasteiger partial charge is 0.0463 e. The highest BCUT2D eigenvalue weighted by Crippen LogP contribution is 2.42. The normalized spacial score (nSPS) is 11.1. The molecular weight excluding hydrogens is 1210 g/mol. The summed E-state index contributed by atoms with van der Waals surface area (Å²) in [4.78, 5) is 14.8. The molecule has 6 heteroatoms. The second-order valence-electron chi connectivity index (χ2n) is 27.6. The number of hydrogen-bond donors (Lipinski definition) is 0. The first-order chi connectivity index (χ1) is 48.7. The summed E-state index contributed by atoms with van der Waals surface area (Å²) in [6.07, 6.45) is 0. The van der Waals surface area contributed by atoms with E-state index in [4.69, 9.17) is 0 Å². The third-order valence-corrected chi connectivity index (χ3v) is 19.2. The molecule has 0 heterocycles. The van der Waals surface area contributed by atoms with Crippen LogP contribution in [0.1, 0.15) is 89.0 Å². The summed E-state index contributed by atoms with van der Waals surface area (Å²) >= 11 is 0. The van der Waals surface area contributed by atoms with Gasteiger partial charge in [0.2, 0.25) is 0 Å². The molecule has 6 nitrogen and oxygen atoms in total. The van der Waals surface area contributed by atoms with Gasteiger partial charge in [-0.05, 0) is 221 Å². The molecule has 0 aliphatic carbocycles. The molecule has 0 unspecified atom stereocenters. The Balaban J connectivity index is 0.890. The Hall–Kier alpha value is -11.3. The average molecular weight is 1310 g/mol. The molecule has 0 atom stereocenters. The van der Waals surface area contributed by atoms with E-state index in [0.717, 1.165) is 109 Å². The Morgan fingerprint density at radius 1 is 0.130 bits per heavy atom. The molecule has 0 radical (unpaired) electrons. The second-order valence-corrected chi connectivity index (χ2v) is 27.6. The second kappa shape index (κ2) is 31.5. The molecule has 0 saturated carbocycles. The molecule has 498 valence electrons. The van der Waals surface area contributed by atoms with Gasteiger partial charge in [0.05, 0.1) is 0 Å². The first-order valence-corrected chi connectivity index (χ1v) is 35.3. The van der Waals surface area contributed by atoms with Gasteiger partial charge in [0.1, 0.15) is 0 Å². The Bertz CT molecular complexity index is 3920. The zero-order valence-corrected chi connectivity index (χ0v) is 59.4. The van der Waals surface area contributed by atoms with Crippen LogP contribution in [0, 0.1) is 55.4 Å². The first kappa shape index (κ1) is 67.2. The molecule has 0 spiro atoms. The number of benzene rings is 13. The van der Waals surface area contributed by atoms with E-state index >= 15 is 0 Å². The van der Waals surface area contributed by atoms with Gasteiger partial charge in [-0.25, -0.2) is 0 Å². The zero-order valence-electron chi connectivity index (χ0n) is 59.4. The Kier molecular flexibility index (Phi) is 21.2. The highest BCUT2D eigenvalue weighted by Gasteiger charge is 2.21. The summed E-state index contributed by atoms with van der Waals surface area (Å²) in [6.45, 7) is 23.5. The lowest BCUT2D eigenvalue weighted by atomic mass is 10.1.